The smallest absolute Gasteiger partial charge is 0.244 e. The van der Waals surface area contributed by atoms with Crippen LogP contribution >= 0.6 is 0 Å². The summed E-state index contributed by atoms with van der Waals surface area (Å²) in [5, 5.41) is 2.65. The molecule has 0 radical (unpaired) electrons. The lowest BCUT2D eigenvalue weighted by Crippen LogP contribution is -2.38. The van der Waals surface area contributed by atoms with E-state index in [0.29, 0.717) is 31.6 Å². The monoisotopic (exact) mass is 419 g/mol. The standard InChI is InChI=1S/C20H25N3O5S/c24-18(13-23-19(25)16-5-1-2-6-17(16)20(23)26)21-14-7-9-15(10-8-14)29(27,28)22-11-3-4-12-22/h7-10,16-17H,1-6,11-13H2,(H,21,24)/t16-,17-/m0/s1. The highest BCUT2D eigenvalue weighted by molar-refractivity contribution is 7.89. The molecule has 1 N–H and O–H groups in total. The maximum Gasteiger partial charge on any atom is 0.244 e. The van der Waals surface area contributed by atoms with E-state index in [1.807, 2.05) is 0 Å². The van der Waals surface area contributed by atoms with Gasteiger partial charge in [0.2, 0.25) is 27.7 Å². The van der Waals surface area contributed by atoms with Crippen LogP contribution in [-0.2, 0) is 24.4 Å². The molecule has 4 rings (SSSR count). The second kappa shape index (κ2) is 7.87. The van der Waals surface area contributed by atoms with Crippen molar-refractivity contribution in [3.63, 3.8) is 0 Å². The fraction of sp³-hybridized carbons (Fsp3) is 0.550. The Bertz CT molecular complexity index is 898. The third kappa shape index (κ3) is 3.81. The minimum Gasteiger partial charge on any atom is -0.325 e. The molecule has 2 heterocycles. The molecule has 2 aliphatic heterocycles. The van der Waals surface area contributed by atoms with Crippen molar-refractivity contribution < 1.29 is 22.8 Å². The summed E-state index contributed by atoms with van der Waals surface area (Å²) in [4.78, 5) is 38.6. The van der Waals surface area contributed by atoms with Crippen LogP contribution in [0.1, 0.15) is 38.5 Å². The molecule has 1 saturated carbocycles. The normalized spacial score (nSPS) is 25.3. The topological polar surface area (TPSA) is 104 Å². The summed E-state index contributed by atoms with van der Waals surface area (Å²) in [5.41, 5.74) is 0.423. The Labute approximate surface area is 170 Å². The van der Waals surface area contributed by atoms with Crippen molar-refractivity contribution >= 4 is 33.4 Å². The summed E-state index contributed by atoms with van der Waals surface area (Å²) in [6.07, 6.45) is 5.02. The van der Waals surface area contributed by atoms with E-state index in [-0.39, 0.29) is 35.1 Å². The van der Waals surface area contributed by atoms with Crippen molar-refractivity contribution in [3.05, 3.63) is 24.3 Å². The molecular weight excluding hydrogens is 394 g/mol. The number of imide groups is 1. The Morgan fingerprint density at radius 3 is 2.03 bits per heavy atom. The first kappa shape index (κ1) is 20.0. The molecule has 0 bridgehead atoms. The summed E-state index contributed by atoms with van der Waals surface area (Å²) in [6.45, 7) is 0.750. The van der Waals surface area contributed by atoms with Gasteiger partial charge in [0.05, 0.1) is 16.7 Å². The highest BCUT2D eigenvalue weighted by atomic mass is 32.2. The van der Waals surface area contributed by atoms with Crippen molar-refractivity contribution in [2.75, 3.05) is 25.0 Å². The first-order valence-electron chi connectivity index (χ1n) is 10.1. The number of hydrogen-bond acceptors (Lipinski definition) is 5. The number of anilines is 1. The van der Waals surface area contributed by atoms with E-state index in [9.17, 15) is 22.8 Å². The summed E-state index contributed by atoms with van der Waals surface area (Å²) >= 11 is 0. The Kier molecular flexibility index (Phi) is 5.44. The van der Waals surface area contributed by atoms with Crippen molar-refractivity contribution in [2.45, 2.75) is 43.4 Å². The van der Waals surface area contributed by atoms with Gasteiger partial charge in [-0.3, -0.25) is 19.3 Å². The number of hydrogen-bond donors (Lipinski definition) is 1. The van der Waals surface area contributed by atoms with Crippen molar-refractivity contribution in [2.24, 2.45) is 11.8 Å². The van der Waals surface area contributed by atoms with E-state index >= 15 is 0 Å². The largest absolute Gasteiger partial charge is 0.325 e. The fourth-order valence-corrected chi connectivity index (χ4v) is 6.04. The van der Waals surface area contributed by atoms with Crippen molar-refractivity contribution in [1.82, 2.24) is 9.21 Å². The zero-order chi connectivity index (χ0) is 20.6. The summed E-state index contributed by atoms with van der Waals surface area (Å²) in [6, 6.07) is 5.97. The zero-order valence-electron chi connectivity index (χ0n) is 16.2. The fourth-order valence-electron chi connectivity index (χ4n) is 4.52. The van der Waals surface area contributed by atoms with Gasteiger partial charge in [0.1, 0.15) is 6.54 Å². The van der Waals surface area contributed by atoms with E-state index in [1.54, 1.807) is 0 Å². The summed E-state index contributed by atoms with van der Waals surface area (Å²) < 4.78 is 26.6. The maximum atomic E-state index is 12.6. The quantitative estimate of drug-likeness (QED) is 0.730. The molecule has 8 nitrogen and oxygen atoms in total. The predicted octanol–water partition coefficient (Wildman–Crippen LogP) is 1.58. The van der Waals surface area contributed by atoms with Crippen molar-refractivity contribution in [1.29, 1.82) is 0 Å². The van der Waals surface area contributed by atoms with Gasteiger partial charge in [-0.25, -0.2) is 8.42 Å². The van der Waals surface area contributed by atoms with Crippen LogP contribution in [0.15, 0.2) is 29.2 Å². The molecule has 0 unspecified atom stereocenters. The highest BCUT2D eigenvalue weighted by Gasteiger charge is 2.48. The lowest BCUT2D eigenvalue weighted by molar-refractivity contribution is -0.142. The van der Waals surface area contributed by atoms with Crippen LogP contribution in [0.25, 0.3) is 0 Å². The van der Waals surface area contributed by atoms with Gasteiger partial charge in [0, 0.05) is 18.8 Å². The van der Waals surface area contributed by atoms with Crippen LogP contribution in [0.2, 0.25) is 0 Å². The number of carbonyl (C=O) groups excluding carboxylic acids is 3. The Balaban J connectivity index is 1.39. The molecule has 9 heteroatoms. The molecule has 2 saturated heterocycles. The van der Waals surface area contributed by atoms with Crippen LogP contribution in [0.3, 0.4) is 0 Å². The molecule has 1 aromatic carbocycles. The SMILES string of the molecule is O=C(CN1C(=O)[C@H]2CCCC[C@@H]2C1=O)Nc1ccc(S(=O)(=O)N2CCCC2)cc1. The van der Waals surface area contributed by atoms with Gasteiger partial charge < -0.3 is 5.32 Å². The number of nitrogens with one attached hydrogen (secondary N) is 1. The van der Waals surface area contributed by atoms with Crippen LogP contribution in [0.4, 0.5) is 5.69 Å². The highest BCUT2D eigenvalue weighted by Crippen LogP contribution is 2.37. The minimum atomic E-state index is -3.51. The first-order chi connectivity index (χ1) is 13.9. The predicted molar refractivity (Wildman–Crippen MR) is 105 cm³/mol. The summed E-state index contributed by atoms with van der Waals surface area (Å²) in [7, 11) is -3.51. The number of amides is 3. The second-order valence-electron chi connectivity index (χ2n) is 7.94. The van der Waals surface area contributed by atoms with Crippen LogP contribution in [0.5, 0.6) is 0 Å². The molecule has 3 amide bonds. The van der Waals surface area contributed by atoms with E-state index < -0.39 is 15.9 Å². The number of nitrogens with zero attached hydrogens (tertiary/aromatic N) is 2. The van der Waals surface area contributed by atoms with Crippen LogP contribution in [0, 0.1) is 11.8 Å². The van der Waals surface area contributed by atoms with E-state index in [0.717, 1.165) is 30.6 Å². The second-order valence-corrected chi connectivity index (χ2v) is 9.88. The van der Waals surface area contributed by atoms with Gasteiger partial charge in [0.15, 0.2) is 0 Å². The van der Waals surface area contributed by atoms with E-state index in [1.165, 1.54) is 28.6 Å². The average Bonchev–Trinajstić information content (AvgIpc) is 3.34. The van der Waals surface area contributed by atoms with Gasteiger partial charge >= 0.3 is 0 Å². The first-order valence-corrected chi connectivity index (χ1v) is 11.6. The third-order valence-electron chi connectivity index (χ3n) is 6.08. The number of fused-ring (bicyclic) bond motifs is 1. The van der Waals surface area contributed by atoms with Gasteiger partial charge in [-0.1, -0.05) is 12.8 Å². The molecule has 3 fully saturated rings. The molecule has 0 aromatic heterocycles. The van der Waals surface area contributed by atoms with E-state index in [2.05, 4.69) is 5.32 Å². The third-order valence-corrected chi connectivity index (χ3v) is 7.99. The van der Waals surface area contributed by atoms with Crippen LogP contribution < -0.4 is 5.32 Å². The van der Waals surface area contributed by atoms with Gasteiger partial charge in [-0.05, 0) is 49.9 Å². The van der Waals surface area contributed by atoms with Gasteiger partial charge in [-0.2, -0.15) is 4.31 Å². The lowest BCUT2D eigenvalue weighted by atomic mass is 9.81. The summed E-state index contributed by atoms with van der Waals surface area (Å²) in [5.74, 6) is -1.53. The molecule has 29 heavy (non-hydrogen) atoms. The molecule has 2 atom stereocenters. The zero-order valence-corrected chi connectivity index (χ0v) is 17.0. The Hall–Kier alpha value is -2.26. The molecule has 1 aliphatic carbocycles. The molecular formula is C20H25N3O5S. The Morgan fingerprint density at radius 2 is 1.48 bits per heavy atom. The molecule has 156 valence electrons. The minimum absolute atomic E-state index is 0.186. The number of likely N-dealkylation sites (tertiary alicyclic amines) is 1. The number of benzene rings is 1. The average molecular weight is 420 g/mol. The lowest BCUT2D eigenvalue weighted by Gasteiger charge is -2.19. The number of rotatable bonds is 5. The maximum absolute atomic E-state index is 12.6. The molecule has 3 aliphatic rings. The van der Waals surface area contributed by atoms with Crippen molar-refractivity contribution in [3.8, 4) is 0 Å². The van der Waals surface area contributed by atoms with E-state index in [4.69, 9.17) is 0 Å². The molecule has 1 aromatic rings. The molecule has 0 spiro atoms. The van der Waals surface area contributed by atoms with Gasteiger partial charge in [-0.15, -0.1) is 0 Å². The van der Waals surface area contributed by atoms with Gasteiger partial charge in [0.25, 0.3) is 0 Å². The Morgan fingerprint density at radius 1 is 0.931 bits per heavy atom. The van der Waals surface area contributed by atoms with Crippen LogP contribution in [-0.4, -0.2) is 55.0 Å². The number of sulfonamides is 1. The number of carbonyl (C=O) groups is 3.